The molecule has 0 aromatic carbocycles. The fourth-order valence-corrected chi connectivity index (χ4v) is 5.58. The highest BCUT2D eigenvalue weighted by molar-refractivity contribution is 7.98. The minimum atomic E-state index is 0.368. The Balaban J connectivity index is 1.96. The van der Waals surface area contributed by atoms with E-state index in [1.807, 2.05) is 18.3 Å². The van der Waals surface area contributed by atoms with Gasteiger partial charge in [-0.1, -0.05) is 32.5 Å². The predicted octanol–water partition coefficient (Wildman–Crippen LogP) is 4.52. The molecule has 0 saturated heterocycles. The van der Waals surface area contributed by atoms with Crippen molar-refractivity contribution >= 4 is 39.0 Å². The van der Waals surface area contributed by atoms with Crippen molar-refractivity contribution in [2.45, 2.75) is 52.1 Å². The molecule has 0 aliphatic heterocycles. The van der Waals surface area contributed by atoms with E-state index in [0.717, 1.165) is 33.8 Å². The number of nitrogens with zero attached hydrogens (tertiary/aromatic N) is 4. The summed E-state index contributed by atoms with van der Waals surface area (Å²) in [5.41, 5.74) is 2.83. The molecule has 0 saturated carbocycles. The lowest BCUT2D eigenvalue weighted by molar-refractivity contribution is 0.218. The van der Waals surface area contributed by atoms with Gasteiger partial charge in [-0.25, -0.2) is 4.98 Å². The van der Waals surface area contributed by atoms with Crippen molar-refractivity contribution in [1.82, 2.24) is 19.6 Å². The van der Waals surface area contributed by atoms with Crippen molar-refractivity contribution in [1.29, 1.82) is 0 Å². The van der Waals surface area contributed by atoms with Gasteiger partial charge in [0.25, 0.3) is 0 Å². The summed E-state index contributed by atoms with van der Waals surface area (Å²) in [5.74, 6) is 1.67. The molecule has 3 heterocycles. The fraction of sp³-hybridized carbons (Fsp3) is 0.588. The molecule has 23 heavy (non-hydrogen) atoms. The molecule has 0 radical (unpaired) electrons. The van der Waals surface area contributed by atoms with E-state index in [9.17, 15) is 0 Å². The predicted molar refractivity (Wildman–Crippen MR) is 97.7 cm³/mol. The Morgan fingerprint density at radius 2 is 2.04 bits per heavy atom. The molecule has 4 rings (SSSR count). The molecule has 0 N–H and O–H groups in total. The van der Waals surface area contributed by atoms with Crippen molar-refractivity contribution in [3.8, 4) is 0 Å². The first kappa shape index (κ1) is 15.4. The SMILES string of the molecule is CSc1nc2sc3c(c2c2nnc(C)n12)CC[C@@H](C(C)(C)C)C3. The van der Waals surface area contributed by atoms with Crippen LogP contribution in [0.2, 0.25) is 0 Å². The van der Waals surface area contributed by atoms with Gasteiger partial charge < -0.3 is 0 Å². The summed E-state index contributed by atoms with van der Waals surface area (Å²) in [6.07, 6.45) is 5.63. The van der Waals surface area contributed by atoms with E-state index in [0.29, 0.717) is 5.41 Å². The summed E-state index contributed by atoms with van der Waals surface area (Å²) in [4.78, 5) is 7.56. The Labute approximate surface area is 144 Å². The van der Waals surface area contributed by atoms with Crippen LogP contribution in [0.1, 0.15) is 43.5 Å². The molecule has 122 valence electrons. The van der Waals surface area contributed by atoms with Gasteiger partial charge in [-0.05, 0) is 49.3 Å². The third-order valence-corrected chi connectivity index (χ3v) is 6.88. The van der Waals surface area contributed by atoms with Gasteiger partial charge in [-0.3, -0.25) is 4.40 Å². The zero-order valence-electron chi connectivity index (χ0n) is 14.3. The average Bonchev–Trinajstić information content (AvgIpc) is 3.05. The van der Waals surface area contributed by atoms with E-state index in [1.165, 1.54) is 28.7 Å². The third kappa shape index (κ3) is 2.30. The van der Waals surface area contributed by atoms with E-state index in [1.54, 1.807) is 11.8 Å². The van der Waals surface area contributed by atoms with Crippen LogP contribution in [0.15, 0.2) is 5.16 Å². The van der Waals surface area contributed by atoms with Crippen LogP contribution < -0.4 is 0 Å². The summed E-state index contributed by atoms with van der Waals surface area (Å²) in [6.45, 7) is 9.09. The Morgan fingerprint density at radius 1 is 1.26 bits per heavy atom. The first-order chi connectivity index (χ1) is 10.9. The number of thiophene rings is 1. The minimum absolute atomic E-state index is 0.368. The molecule has 1 aliphatic carbocycles. The van der Waals surface area contributed by atoms with E-state index in [2.05, 4.69) is 41.6 Å². The largest absolute Gasteiger partial charge is 0.257 e. The standard InChI is InChI=1S/C17H22N4S2/c1-9-19-20-14-13-11-7-6-10(17(2,3)4)8-12(11)23-15(13)18-16(22-5)21(9)14/h10H,6-8H2,1-5H3/t10-/m1/s1. The van der Waals surface area contributed by atoms with Crippen LogP contribution in [0, 0.1) is 18.3 Å². The van der Waals surface area contributed by atoms with Crippen LogP contribution in [0.25, 0.3) is 15.9 Å². The quantitative estimate of drug-likeness (QED) is 0.480. The highest BCUT2D eigenvalue weighted by Crippen LogP contribution is 2.44. The highest BCUT2D eigenvalue weighted by atomic mass is 32.2. The lowest BCUT2D eigenvalue weighted by Crippen LogP contribution is -2.26. The van der Waals surface area contributed by atoms with Gasteiger partial charge in [0.15, 0.2) is 10.8 Å². The fourth-order valence-electron chi connectivity index (χ4n) is 3.65. The van der Waals surface area contributed by atoms with Gasteiger partial charge >= 0.3 is 0 Å². The van der Waals surface area contributed by atoms with Gasteiger partial charge in [0.05, 0.1) is 5.39 Å². The molecule has 3 aromatic heterocycles. The summed E-state index contributed by atoms with van der Waals surface area (Å²) < 4.78 is 2.11. The number of rotatable bonds is 1. The topological polar surface area (TPSA) is 43.1 Å². The van der Waals surface area contributed by atoms with Gasteiger partial charge in [-0.15, -0.1) is 21.5 Å². The van der Waals surface area contributed by atoms with Crippen LogP contribution in [0.5, 0.6) is 0 Å². The number of hydrogen-bond acceptors (Lipinski definition) is 5. The second kappa shape index (κ2) is 5.18. The van der Waals surface area contributed by atoms with Crippen LogP contribution >= 0.6 is 23.1 Å². The summed E-state index contributed by atoms with van der Waals surface area (Å²) in [7, 11) is 0. The Kier molecular flexibility index (Phi) is 3.47. The number of fused-ring (bicyclic) bond motifs is 5. The summed E-state index contributed by atoms with van der Waals surface area (Å²) >= 11 is 3.53. The van der Waals surface area contributed by atoms with E-state index >= 15 is 0 Å². The molecule has 0 amide bonds. The first-order valence-electron chi connectivity index (χ1n) is 8.10. The van der Waals surface area contributed by atoms with Gasteiger partial charge in [-0.2, -0.15) is 0 Å². The molecule has 1 atom stereocenters. The molecule has 6 heteroatoms. The summed E-state index contributed by atoms with van der Waals surface area (Å²) in [5, 5.41) is 11.0. The molecular formula is C17H22N4S2. The van der Waals surface area contributed by atoms with E-state index in [4.69, 9.17) is 4.98 Å². The van der Waals surface area contributed by atoms with E-state index < -0.39 is 0 Å². The van der Waals surface area contributed by atoms with Crippen molar-refractivity contribution < 1.29 is 0 Å². The molecule has 0 unspecified atom stereocenters. The molecular weight excluding hydrogens is 324 g/mol. The third-order valence-electron chi connectivity index (χ3n) is 5.09. The van der Waals surface area contributed by atoms with Crippen LogP contribution in [0.3, 0.4) is 0 Å². The molecule has 3 aromatic rings. The minimum Gasteiger partial charge on any atom is -0.257 e. The Hall–Kier alpha value is -1.14. The molecule has 0 spiro atoms. The van der Waals surface area contributed by atoms with Crippen LogP contribution in [0.4, 0.5) is 0 Å². The first-order valence-corrected chi connectivity index (χ1v) is 10.1. The zero-order valence-corrected chi connectivity index (χ0v) is 15.9. The van der Waals surface area contributed by atoms with Crippen LogP contribution in [-0.4, -0.2) is 25.8 Å². The highest BCUT2D eigenvalue weighted by Gasteiger charge is 2.32. The van der Waals surface area contributed by atoms with Crippen molar-refractivity contribution in [3.05, 3.63) is 16.3 Å². The molecule has 1 aliphatic rings. The van der Waals surface area contributed by atoms with Gasteiger partial charge in [0.1, 0.15) is 10.7 Å². The van der Waals surface area contributed by atoms with Crippen molar-refractivity contribution in [2.75, 3.05) is 6.26 Å². The number of thioether (sulfide) groups is 1. The molecule has 0 fully saturated rings. The lowest BCUT2D eigenvalue weighted by Gasteiger charge is -2.33. The maximum atomic E-state index is 4.91. The maximum Gasteiger partial charge on any atom is 0.176 e. The van der Waals surface area contributed by atoms with Crippen molar-refractivity contribution in [2.24, 2.45) is 11.3 Å². The number of aryl methyl sites for hydroxylation is 2. The van der Waals surface area contributed by atoms with E-state index in [-0.39, 0.29) is 0 Å². The Morgan fingerprint density at radius 3 is 2.74 bits per heavy atom. The van der Waals surface area contributed by atoms with Crippen LogP contribution in [-0.2, 0) is 12.8 Å². The van der Waals surface area contributed by atoms with Crippen molar-refractivity contribution in [3.63, 3.8) is 0 Å². The lowest BCUT2D eigenvalue weighted by atomic mass is 9.72. The smallest absolute Gasteiger partial charge is 0.176 e. The second-order valence-electron chi connectivity index (χ2n) is 7.49. The normalized spacial score (nSPS) is 18.7. The molecule has 4 nitrogen and oxygen atoms in total. The maximum absolute atomic E-state index is 4.91. The van der Waals surface area contributed by atoms with Gasteiger partial charge in [0, 0.05) is 4.88 Å². The Bertz CT molecular complexity index is 901. The number of aromatic nitrogens is 4. The van der Waals surface area contributed by atoms with Gasteiger partial charge in [0.2, 0.25) is 0 Å². The molecule has 0 bridgehead atoms. The monoisotopic (exact) mass is 346 g/mol. The second-order valence-corrected chi connectivity index (χ2v) is 9.35. The summed E-state index contributed by atoms with van der Waals surface area (Å²) in [6, 6.07) is 0. The average molecular weight is 347 g/mol. The number of hydrogen-bond donors (Lipinski definition) is 0. The zero-order chi connectivity index (χ0) is 16.4.